The number of carbonyl (C=O) groups excluding carboxylic acids is 3. The normalized spacial score (nSPS) is 39.5. The number of allylic oxidation sites excluding steroid dienone is 1. The number of ether oxygens (including phenoxy) is 1. The predicted molar refractivity (Wildman–Crippen MR) is 198 cm³/mol. The number of carbonyl (C=O) groups is 4. The number of carboxylic acids is 1. The minimum absolute atomic E-state index is 0.0115. The molecular formula is C42H67N3O6. The van der Waals surface area contributed by atoms with Gasteiger partial charge in [0.25, 0.3) is 0 Å². The second-order valence-electron chi connectivity index (χ2n) is 20.0. The molecule has 0 aromatic heterocycles. The van der Waals surface area contributed by atoms with Gasteiger partial charge in [-0.1, -0.05) is 48.5 Å². The van der Waals surface area contributed by atoms with Gasteiger partial charge in [0.05, 0.1) is 17.4 Å². The van der Waals surface area contributed by atoms with Crippen molar-refractivity contribution in [2.45, 2.75) is 157 Å². The molecule has 6 rings (SSSR count). The van der Waals surface area contributed by atoms with E-state index in [-0.39, 0.29) is 57.8 Å². The molecule has 0 radical (unpaired) electrons. The number of carboxylic acid groups (broad SMARTS) is 1. The van der Waals surface area contributed by atoms with Gasteiger partial charge in [-0.2, -0.15) is 0 Å². The Kier molecular flexibility index (Phi) is 9.66. The van der Waals surface area contributed by atoms with E-state index in [9.17, 15) is 24.3 Å². The number of hydrogen-bond acceptors (Lipinski definition) is 6. The topological polar surface area (TPSA) is 125 Å². The maximum absolute atomic E-state index is 14.0. The minimum Gasteiger partial charge on any atom is -0.481 e. The molecule has 4 saturated carbocycles. The number of aliphatic carboxylic acids is 1. The molecule has 51 heavy (non-hydrogen) atoms. The van der Waals surface area contributed by atoms with Crippen molar-refractivity contribution in [3.63, 3.8) is 0 Å². The van der Waals surface area contributed by atoms with E-state index in [1.54, 1.807) is 13.8 Å². The van der Waals surface area contributed by atoms with Crippen LogP contribution < -0.4 is 10.6 Å². The van der Waals surface area contributed by atoms with E-state index in [1.807, 2.05) is 11.9 Å². The van der Waals surface area contributed by atoms with Crippen molar-refractivity contribution in [2.24, 2.45) is 50.7 Å². The number of nitrogens with one attached hydrogen (secondary N) is 2. The number of ketones is 1. The molecule has 286 valence electrons. The van der Waals surface area contributed by atoms with Gasteiger partial charge in [-0.15, -0.1) is 0 Å². The molecule has 5 fully saturated rings. The summed E-state index contributed by atoms with van der Waals surface area (Å²) in [5, 5.41) is 16.5. The Morgan fingerprint density at radius 2 is 1.57 bits per heavy atom. The summed E-state index contributed by atoms with van der Waals surface area (Å²) >= 11 is 0. The van der Waals surface area contributed by atoms with E-state index in [0.717, 1.165) is 82.9 Å². The highest BCUT2D eigenvalue weighted by molar-refractivity contribution is 6.02. The summed E-state index contributed by atoms with van der Waals surface area (Å²) in [4.78, 5) is 54.7. The Morgan fingerprint density at radius 1 is 0.902 bits per heavy atom. The summed E-state index contributed by atoms with van der Waals surface area (Å²) in [6.45, 7) is 21.1. The Balaban J connectivity index is 1.27. The highest BCUT2D eigenvalue weighted by Gasteiger charge is 2.70. The third kappa shape index (κ3) is 5.89. The van der Waals surface area contributed by atoms with Crippen molar-refractivity contribution >= 4 is 23.8 Å². The largest absolute Gasteiger partial charge is 0.481 e. The van der Waals surface area contributed by atoms with Crippen LogP contribution in [0.15, 0.2) is 11.1 Å². The Bertz CT molecular complexity index is 1480. The fraction of sp³-hybridized carbons (Fsp3) is 0.857. The standard InChI is InChI=1S/C42H67N3O6/c1-25(2)33-28(46)23-42(44-36(50)45-21-15-26(43-10)16-22-45)20-19-40(8)27(34(33)42)11-12-30-39(7)17-14-31(51-32(47)24-37(3,4)35(48)49)38(5,6)29(39)13-18-41(30,40)9/h25-27,29-31,43H,11-24H2,1-10H3,(H,44,50)(H,48,49)/t27?,29?,30?,31-,39-,40+,41+,42?/m0/s1. The van der Waals surface area contributed by atoms with E-state index >= 15 is 0 Å². The molecule has 3 N–H and O–H groups in total. The number of piperidine rings is 1. The predicted octanol–water partition coefficient (Wildman–Crippen LogP) is 7.53. The first-order valence-electron chi connectivity index (χ1n) is 20.1. The summed E-state index contributed by atoms with van der Waals surface area (Å²) in [7, 11) is 1.99. The molecule has 0 aromatic rings. The lowest BCUT2D eigenvalue weighted by molar-refractivity contribution is -0.232. The molecule has 1 saturated heterocycles. The van der Waals surface area contributed by atoms with E-state index < -0.39 is 22.9 Å². The molecule has 2 amide bonds. The lowest BCUT2D eigenvalue weighted by atomic mass is 9.33. The Labute approximate surface area is 306 Å². The van der Waals surface area contributed by atoms with Crippen LogP contribution in [0.2, 0.25) is 0 Å². The van der Waals surface area contributed by atoms with Crippen molar-refractivity contribution in [2.75, 3.05) is 20.1 Å². The first kappa shape index (κ1) is 38.3. The average molecular weight is 710 g/mol. The number of hydrogen-bond donors (Lipinski definition) is 3. The number of rotatable bonds is 7. The Hall–Kier alpha value is -2.42. The van der Waals surface area contributed by atoms with Crippen LogP contribution in [0, 0.1) is 50.7 Å². The monoisotopic (exact) mass is 710 g/mol. The number of fused-ring (bicyclic) bond motifs is 7. The van der Waals surface area contributed by atoms with Gasteiger partial charge in [-0.25, -0.2) is 4.79 Å². The molecule has 9 heteroatoms. The smallest absolute Gasteiger partial charge is 0.318 e. The van der Waals surface area contributed by atoms with Crippen LogP contribution in [-0.2, 0) is 19.1 Å². The van der Waals surface area contributed by atoms with Gasteiger partial charge < -0.3 is 25.4 Å². The van der Waals surface area contributed by atoms with Gasteiger partial charge in [0.1, 0.15) is 6.10 Å². The van der Waals surface area contributed by atoms with Crippen LogP contribution in [0.1, 0.15) is 139 Å². The van der Waals surface area contributed by atoms with Crippen LogP contribution in [0.25, 0.3) is 0 Å². The molecule has 6 aliphatic rings. The summed E-state index contributed by atoms with van der Waals surface area (Å²) in [5.41, 5.74) is 0.353. The molecule has 0 spiro atoms. The fourth-order valence-corrected chi connectivity index (χ4v) is 13.2. The quantitative estimate of drug-likeness (QED) is 0.234. The zero-order valence-electron chi connectivity index (χ0n) is 33.3. The zero-order valence-corrected chi connectivity index (χ0v) is 33.3. The van der Waals surface area contributed by atoms with Gasteiger partial charge in [0, 0.05) is 31.0 Å². The van der Waals surface area contributed by atoms with Crippen molar-refractivity contribution in [3.05, 3.63) is 11.1 Å². The van der Waals surface area contributed by atoms with E-state index in [1.165, 1.54) is 5.57 Å². The van der Waals surface area contributed by atoms with Crippen molar-refractivity contribution in [1.29, 1.82) is 0 Å². The number of urea groups is 1. The third-order valence-corrected chi connectivity index (χ3v) is 16.3. The number of esters is 1. The summed E-state index contributed by atoms with van der Waals surface area (Å²) in [6, 6.07) is 0.431. The average Bonchev–Trinajstić information content (AvgIpc) is 3.34. The molecule has 1 aliphatic heterocycles. The third-order valence-electron chi connectivity index (χ3n) is 16.3. The lowest BCUT2D eigenvalue weighted by Crippen LogP contribution is -2.67. The van der Waals surface area contributed by atoms with E-state index in [2.05, 4.69) is 59.1 Å². The first-order valence-corrected chi connectivity index (χ1v) is 20.1. The summed E-state index contributed by atoms with van der Waals surface area (Å²) in [5.74, 6) is 0.0305. The van der Waals surface area contributed by atoms with Gasteiger partial charge in [0.2, 0.25) is 0 Å². The number of nitrogens with zero attached hydrogens (tertiary/aromatic N) is 1. The van der Waals surface area contributed by atoms with Crippen LogP contribution >= 0.6 is 0 Å². The maximum atomic E-state index is 14.0. The van der Waals surface area contributed by atoms with Crippen molar-refractivity contribution in [3.8, 4) is 0 Å². The van der Waals surface area contributed by atoms with Crippen LogP contribution in [-0.4, -0.2) is 71.6 Å². The van der Waals surface area contributed by atoms with Crippen LogP contribution in [0.4, 0.5) is 4.79 Å². The number of amides is 2. The molecule has 9 nitrogen and oxygen atoms in total. The molecule has 0 aromatic carbocycles. The van der Waals surface area contributed by atoms with Crippen LogP contribution in [0.5, 0.6) is 0 Å². The van der Waals surface area contributed by atoms with E-state index in [0.29, 0.717) is 24.3 Å². The second-order valence-corrected chi connectivity index (χ2v) is 20.0. The highest BCUT2D eigenvalue weighted by Crippen LogP contribution is 2.76. The highest BCUT2D eigenvalue weighted by atomic mass is 16.5. The second kappa shape index (κ2) is 12.9. The number of Topliss-reactive ketones (excluding diaryl/α,β-unsaturated/α-hetero) is 1. The molecule has 5 aliphatic carbocycles. The first-order chi connectivity index (χ1) is 23.7. The van der Waals surface area contributed by atoms with Gasteiger partial charge in [0.15, 0.2) is 5.78 Å². The maximum Gasteiger partial charge on any atom is 0.318 e. The number of likely N-dealkylation sites (tertiary alicyclic amines) is 1. The molecule has 1 heterocycles. The molecule has 4 unspecified atom stereocenters. The van der Waals surface area contributed by atoms with Crippen molar-refractivity contribution in [1.82, 2.24) is 15.5 Å². The van der Waals surface area contributed by atoms with Gasteiger partial charge >= 0.3 is 18.0 Å². The van der Waals surface area contributed by atoms with Gasteiger partial charge in [-0.05, 0) is 136 Å². The SMILES string of the molecule is CNC1CCN(C(=O)NC23CC[C@]4(C)C(CCC5[C@@]6(C)CC[C@H](OC(=O)CC(C)(C)C(=O)O)C(C)(C)C6CC[C@]54C)C2=C(C(C)C)C(=O)C3)CC1. The van der Waals surface area contributed by atoms with E-state index in [4.69, 9.17) is 4.74 Å². The Morgan fingerprint density at radius 3 is 2.18 bits per heavy atom. The van der Waals surface area contributed by atoms with Gasteiger partial charge in [-0.3, -0.25) is 14.4 Å². The zero-order chi connectivity index (χ0) is 37.5. The van der Waals surface area contributed by atoms with Crippen molar-refractivity contribution < 1.29 is 29.0 Å². The lowest BCUT2D eigenvalue weighted by Gasteiger charge is -2.72. The molecule has 0 bridgehead atoms. The summed E-state index contributed by atoms with van der Waals surface area (Å²) in [6.07, 6.45) is 9.68. The molecule has 8 atom stereocenters. The summed E-state index contributed by atoms with van der Waals surface area (Å²) < 4.78 is 6.16. The molecular weight excluding hydrogens is 642 g/mol. The fourth-order valence-electron chi connectivity index (χ4n) is 13.2. The minimum atomic E-state index is -1.16. The van der Waals surface area contributed by atoms with Crippen LogP contribution in [0.3, 0.4) is 0 Å².